The van der Waals surface area contributed by atoms with Gasteiger partial charge >= 0.3 is 0 Å². The van der Waals surface area contributed by atoms with Crippen LogP contribution in [0.3, 0.4) is 0 Å². The Kier molecular flexibility index (Phi) is 9.98. The first kappa shape index (κ1) is 30.4. The lowest BCUT2D eigenvalue weighted by molar-refractivity contribution is 0.0830. The summed E-state index contributed by atoms with van der Waals surface area (Å²) in [6, 6.07) is 16.5. The monoisotopic (exact) mass is 558 g/mol. The fraction of sp³-hybridized carbons (Fsp3) is 0.367. The maximum Gasteiger partial charge on any atom is 0.251 e. The third-order valence-corrected chi connectivity index (χ3v) is 9.10. The van der Waals surface area contributed by atoms with E-state index in [1.807, 2.05) is 18.2 Å². The second-order valence-electron chi connectivity index (χ2n) is 10.3. The van der Waals surface area contributed by atoms with E-state index in [9.17, 15) is 27.1 Å². The Labute approximate surface area is 229 Å². The van der Waals surface area contributed by atoms with Crippen LogP contribution in [0.15, 0.2) is 66.7 Å². The summed E-state index contributed by atoms with van der Waals surface area (Å²) >= 11 is 0. The smallest absolute Gasteiger partial charge is 0.251 e. The minimum atomic E-state index is -3.40. The van der Waals surface area contributed by atoms with Crippen LogP contribution >= 0.6 is 0 Å². The highest BCUT2D eigenvalue weighted by Crippen LogP contribution is 2.29. The molecule has 0 heterocycles. The molecule has 0 saturated heterocycles. The van der Waals surface area contributed by atoms with E-state index < -0.39 is 44.3 Å². The van der Waals surface area contributed by atoms with Crippen molar-refractivity contribution in [3.63, 3.8) is 0 Å². The number of carbonyl (C=O) groups excluding carboxylic acids is 1. The van der Waals surface area contributed by atoms with Gasteiger partial charge in [0.05, 0.1) is 16.9 Å². The normalized spacial score (nSPS) is 13.6. The Morgan fingerprint density at radius 3 is 2.15 bits per heavy atom. The van der Waals surface area contributed by atoms with Gasteiger partial charge in [-0.2, -0.15) is 0 Å². The van der Waals surface area contributed by atoms with Gasteiger partial charge in [0.2, 0.25) is 0 Å². The van der Waals surface area contributed by atoms with Gasteiger partial charge < -0.3 is 15.7 Å². The van der Waals surface area contributed by atoms with Gasteiger partial charge in [0.25, 0.3) is 5.91 Å². The zero-order chi connectivity index (χ0) is 28.8. The maximum atomic E-state index is 13.8. The van der Waals surface area contributed by atoms with Crippen molar-refractivity contribution >= 4 is 15.7 Å². The topological polar surface area (TPSA) is 95.5 Å². The number of aliphatic hydroxyl groups excluding tert-OH is 1. The molecule has 3 aromatic carbocycles. The lowest BCUT2D eigenvalue weighted by Crippen LogP contribution is -2.48. The summed E-state index contributed by atoms with van der Waals surface area (Å²) < 4.78 is 50.8. The standard InChI is InChI=1S/C30H36F2N2O4S/c1-5-20-7-6-8-21(13-20)18-33-19-28(35)27(16-22-14-25(31)17-26(32)15-22)34-29(36)23-9-11-24(12-10-23)30(2,3)39(4,37)38/h6-15,17,27-28,33,35H,5,16,18-19H2,1-4H3,(H,34,36). The van der Waals surface area contributed by atoms with Crippen molar-refractivity contribution in [3.8, 4) is 0 Å². The van der Waals surface area contributed by atoms with Crippen molar-refractivity contribution in [2.75, 3.05) is 12.8 Å². The molecule has 0 radical (unpaired) electrons. The van der Waals surface area contributed by atoms with Crippen LogP contribution in [0.1, 0.15) is 53.4 Å². The molecule has 6 nitrogen and oxygen atoms in total. The summed E-state index contributed by atoms with van der Waals surface area (Å²) in [5, 5.41) is 17.0. The van der Waals surface area contributed by atoms with Crippen molar-refractivity contribution < 1.29 is 27.1 Å². The van der Waals surface area contributed by atoms with Gasteiger partial charge in [-0.15, -0.1) is 0 Å². The molecule has 0 aliphatic rings. The molecule has 2 unspecified atom stereocenters. The molecule has 3 rings (SSSR count). The van der Waals surface area contributed by atoms with Crippen LogP contribution in [0.2, 0.25) is 0 Å². The van der Waals surface area contributed by atoms with E-state index in [1.165, 1.54) is 29.8 Å². The summed E-state index contributed by atoms with van der Waals surface area (Å²) in [5.41, 5.74) is 3.32. The molecule has 9 heteroatoms. The first-order valence-corrected chi connectivity index (χ1v) is 14.7. The Morgan fingerprint density at radius 1 is 0.949 bits per heavy atom. The number of halogens is 2. The van der Waals surface area contributed by atoms with Gasteiger partial charge in [-0.25, -0.2) is 17.2 Å². The highest BCUT2D eigenvalue weighted by molar-refractivity contribution is 7.91. The van der Waals surface area contributed by atoms with Crippen LogP contribution in [0.4, 0.5) is 8.78 Å². The minimum absolute atomic E-state index is 0.00617. The van der Waals surface area contributed by atoms with Crippen LogP contribution in [-0.2, 0) is 34.0 Å². The minimum Gasteiger partial charge on any atom is -0.390 e. The predicted molar refractivity (Wildman–Crippen MR) is 149 cm³/mol. The van der Waals surface area contributed by atoms with E-state index in [0.717, 1.165) is 24.3 Å². The highest BCUT2D eigenvalue weighted by atomic mass is 32.2. The number of amides is 1. The van der Waals surface area contributed by atoms with Crippen LogP contribution in [0, 0.1) is 11.6 Å². The summed E-state index contributed by atoms with van der Waals surface area (Å²) in [6.45, 7) is 5.87. The molecule has 0 fully saturated rings. The van der Waals surface area contributed by atoms with E-state index in [1.54, 1.807) is 26.0 Å². The van der Waals surface area contributed by atoms with Gasteiger partial charge in [-0.3, -0.25) is 4.79 Å². The predicted octanol–water partition coefficient (Wildman–Crippen LogP) is 4.30. The number of benzene rings is 3. The van der Waals surface area contributed by atoms with E-state index in [-0.39, 0.29) is 24.1 Å². The molecule has 0 saturated carbocycles. The van der Waals surface area contributed by atoms with E-state index in [4.69, 9.17) is 0 Å². The van der Waals surface area contributed by atoms with Crippen molar-refractivity contribution in [1.82, 2.24) is 10.6 Å². The largest absolute Gasteiger partial charge is 0.390 e. The number of carbonyl (C=O) groups is 1. The summed E-state index contributed by atoms with van der Waals surface area (Å²) in [7, 11) is -3.40. The fourth-order valence-electron chi connectivity index (χ4n) is 4.22. The summed E-state index contributed by atoms with van der Waals surface area (Å²) in [6.07, 6.45) is 0.983. The average molecular weight is 559 g/mol. The van der Waals surface area contributed by atoms with Gasteiger partial charge in [0, 0.05) is 31.0 Å². The van der Waals surface area contributed by atoms with E-state index in [2.05, 4.69) is 23.6 Å². The van der Waals surface area contributed by atoms with Crippen LogP contribution in [0.25, 0.3) is 0 Å². The van der Waals surface area contributed by atoms with Crippen LogP contribution < -0.4 is 10.6 Å². The molecule has 2 atom stereocenters. The average Bonchev–Trinajstić information content (AvgIpc) is 2.87. The van der Waals surface area contributed by atoms with Crippen LogP contribution in [-0.4, -0.2) is 44.4 Å². The van der Waals surface area contributed by atoms with Gasteiger partial charge in [-0.1, -0.05) is 43.3 Å². The van der Waals surface area contributed by atoms with Gasteiger partial charge in [0.1, 0.15) is 11.6 Å². The van der Waals surface area contributed by atoms with E-state index >= 15 is 0 Å². The quantitative estimate of drug-likeness (QED) is 0.308. The molecule has 0 aliphatic heterocycles. The second kappa shape index (κ2) is 12.8. The first-order chi connectivity index (χ1) is 18.3. The second-order valence-corrected chi connectivity index (χ2v) is 12.9. The van der Waals surface area contributed by atoms with Gasteiger partial charge in [0.15, 0.2) is 9.84 Å². The van der Waals surface area contributed by atoms with Crippen molar-refractivity contribution in [2.24, 2.45) is 0 Å². The Balaban J connectivity index is 1.75. The third-order valence-electron chi connectivity index (χ3n) is 7.01. The molecule has 0 aromatic heterocycles. The van der Waals surface area contributed by atoms with Crippen molar-refractivity contribution in [2.45, 2.75) is 57.1 Å². The Bertz CT molecular complexity index is 1370. The van der Waals surface area contributed by atoms with E-state index in [0.29, 0.717) is 12.1 Å². The molecule has 0 bridgehead atoms. The molecule has 39 heavy (non-hydrogen) atoms. The molecule has 210 valence electrons. The SMILES string of the molecule is CCc1cccc(CNCC(O)C(Cc2cc(F)cc(F)c2)NC(=O)c2ccc(C(C)(C)S(C)(=O)=O)cc2)c1. The highest BCUT2D eigenvalue weighted by Gasteiger charge is 2.32. The summed E-state index contributed by atoms with van der Waals surface area (Å²) in [4.78, 5) is 13.1. The van der Waals surface area contributed by atoms with Gasteiger partial charge in [-0.05, 0) is 73.2 Å². The zero-order valence-electron chi connectivity index (χ0n) is 22.7. The molecular formula is C30H36F2N2O4S. The number of aliphatic hydroxyl groups is 1. The number of sulfone groups is 1. The number of aryl methyl sites for hydroxylation is 1. The first-order valence-electron chi connectivity index (χ1n) is 12.8. The molecule has 0 aliphatic carbocycles. The van der Waals surface area contributed by atoms with Crippen molar-refractivity contribution in [3.05, 3.63) is 106 Å². The third kappa shape index (κ3) is 8.17. The number of hydrogen-bond donors (Lipinski definition) is 3. The number of rotatable bonds is 12. The Morgan fingerprint density at radius 2 is 1.56 bits per heavy atom. The lowest BCUT2D eigenvalue weighted by Gasteiger charge is -2.26. The molecule has 0 spiro atoms. The molecule has 1 amide bonds. The molecular weight excluding hydrogens is 522 g/mol. The fourth-order valence-corrected chi connectivity index (χ4v) is 4.79. The molecule has 3 N–H and O–H groups in total. The summed E-state index contributed by atoms with van der Waals surface area (Å²) in [5.74, 6) is -2.00. The molecule has 3 aromatic rings. The number of nitrogens with one attached hydrogen (secondary N) is 2. The Hall–Kier alpha value is -3.14. The zero-order valence-corrected chi connectivity index (χ0v) is 23.5. The maximum absolute atomic E-state index is 13.8. The van der Waals surface area contributed by atoms with Crippen LogP contribution in [0.5, 0.6) is 0 Å². The lowest BCUT2D eigenvalue weighted by atomic mass is 9.98. The van der Waals surface area contributed by atoms with Crippen molar-refractivity contribution in [1.29, 1.82) is 0 Å². The number of hydrogen-bond acceptors (Lipinski definition) is 5.